The van der Waals surface area contributed by atoms with Crippen LogP contribution in [0.3, 0.4) is 0 Å². The van der Waals surface area contributed by atoms with Gasteiger partial charge in [0.15, 0.2) is 11.5 Å². The third-order valence-corrected chi connectivity index (χ3v) is 4.61. The van der Waals surface area contributed by atoms with E-state index >= 15 is 0 Å². The van der Waals surface area contributed by atoms with Crippen LogP contribution in [0.2, 0.25) is 0 Å². The first kappa shape index (κ1) is 15.3. The topological polar surface area (TPSA) is 60.8 Å². The zero-order chi connectivity index (χ0) is 16.5. The lowest BCUT2D eigenvalue weighted by Gasteiger charge is -2.35. The Labute approximate surface area is 141 Å². The molecule has 0 aliphatic carbocycles. The first-order valence-electron chi connectivity index (χ1n) is 8.15. The van der Waals surface area contributed by atoms with E-state index in [1.807, 2.05) is 31.6 Å². The fourth-order valence-corrected chi connectivity index (χ4v) is 3.40. The smallest absolute Gasteiger partial charge is 0.231 e. The second-order valence-corrected chi connectivity index (χ2v) is 6.12. The number of aryl methyl sites for hydroxylation is 1. The summed E-state index contributed by atoms with van der Waals surface area (Å²) in [5.41, 5.74) is 1.15. The first-order chi connectivity index (χ1) is 11.8. The summed E-state index contributed by atoms with van der Waals surface area (Å²) in [4.78, 5) is 6.98. The fourth-order valence-electron chi connectivity index (χ4n) is 3.40. The molecule has 24 heavy (non-hydrogen) atoms. The average Bonchev–Trinajstić information content (AvgIpc) is 3.23. The van der Waals surface area contributed by atoms with Gasteiger partial charge in [0.2, 0.25) is 12.5 Å². The summed E-state index contributed by atoms with van der Waals surface area (Å²) < 4.78 is 18.6. The van der Waals surface area contributed by atoms with Gasteiger partial charge < -0.3 is 24.1 Å². The molecule has 1 fully saturated rings. The number of nitrogens with one attached hydrogen (secondary N) is 1. The van der Waals surface area contributed by atoms with Crippen LogP contribution in [0.15, 0.2) is 24.5 Å². The third-order valence-electron chi connectivity index (χ3n) is 4.61. The van der Waals surface area contributed by atoms with Crippen molar-refractivity contribution in [2.75, 3.05) is 33.5 Å². The van der Waals surface area contributed by atoms with E-state index in [2.05, 4.69) is 19.8 Å². The van der Waals surface area contributed by atoms with Gasteiger partial charge >= 0.3 is 0 Å². The number of methoxy groups -OCH3 is 1. The van der Waals surface area contributed by atoms with E-state index in [0.29, 0.717) is 5.75 Å². The first-order valence-corrected chi connectivity index (χ1v) is 8.15. The second-order valence-electron chi connectivity index (χ2n) is 6.12. The molecule has 2 aliphatic heterocycles. The van der Waals surface area contributed by atoms with Crippen LogP contribution in [0.1, 0.15) is 17.4 Å². The Morgan fingerprint density at radius 3 is 3.08 bits per heavy atom. The molecule has 0 amide bonds. The fraction of sp³-hybridized carbons (Fsp3) is 0.471. The zero-order valence-corrected chi connectivity index (χ0v) is 14.0. The Bertz CT molecular complexity index is 731. The van der Waals surface area contributed by atoms with Gasteiger partial charge in [0, 0.05) is 45.6 Å². The highest BCUT2D eigenvalue weighted by atomic mass is 16.7. The molecule has 2 aliphatic rings. The van der Waals surface area contributed by atoms with Gasteiger partial charge in [0.05, 0.1) is 13.2 Å². The van der Waals surface area contributed by atoms with Crippen molar-refractivity contribution >= 4 is 0 Å². The molecule has 4 rings (SSSR count). The van der Waals surface area contributed by atoms with E-state index in [4.69, 9.17) is 14.2 Å². The van der Waals surface area contributed by atoms with E-state index in [-0.39, 0.29) is 12.8 Å². The van der Waals surface area contributed by atoms with Gasteiger partial charge in [0.25, 0.3) is 0 Å². The predicted octanol–water partition coefficient (Wildman–Crippen LogP) is 1.30. The molecule has 2 aromatic rings. The summed E-state index contributed by atoms with van der Waals surface area (Å²) in [5, 5.41) is 3.47. The number of aromatic nitrogens is 2. The number of benzene rings is 1. The minimum absolute atomic E-state index is 0.246. The highest BCUT2D eigenvalue weighted by Crippen LogP contribution is 2.42. The maximum absolute atomic E-state index is 5.54. The van der Waals surface area contributed by atoms with E-state index < -0.39 is 0 Å². The molecule has 1 saturated heterocycles. The Balaban J connectivity index is 1.60. The Kier molecular flexibility index (Phi) is 4.03. The van der Waals surface area contributed by atoms with Crippen LogP contribution < -0.4 is 19.5 Å². The predicted molar refractivity (Wildman–Crippen MR) is 88.3 cm³/mol. The van der Waals surface area contributed by atoms with Gasteiger partial charge in [-0.1, -0.05) is 0 Å². The summed E-state index contributed by atoms with van der Waals surface area (Å²) >= 11 is 0. The van der Waals surface area contributed by atoms with Crippen LogP contribution in [0.5, 0.6) is 17.2 Å². The number of ether oxygens (including phenoxy) is 3. The van der Waals surface area contributed by atoms with Crippen LogP contribution >= 0.6 is 0 Å². The lowest BCUT2D eigenvalue weighted by molar-refractivity contribution is 0.144. The molecule has 1 unspecified atom stereocenters. The minimum atomic E-state index is 0.246. The third kappa shape index (κ3) is 2.70. The van der Waals surface area contributed by atoms with Crippen molar-refractivity contribution < 1.29 is 14.2 Å². The number of hydrogen-bond acceptors (Lipinski definition) is 6. The number of imidazole rings is 1. The Morgan fingerprint density at radius 1 is 1.38 bits per heavy atom. The number of piperazine rings is 1. The van der Waals surface area contributed by atoms with Gasteiger partial charge in [-0.25, -0.2) is 4.98 Å². The number of fused-ring (bicyclic) bond motifs is 1. The van der Waals surface area contributed by atoms with Gasteiger partial charge in [-0.3, -0.25) is 4.90 Å². The van der Waals surface area contributed by atoms with Crippen molar-refractivity contribution in [3.63, 3.8) is 0 Å². The molecule has 7 heteroatoms. The maximum Gasteiger partial charge on any atom is 0.231 e. The van der Waals surface area contributed by atoms with Crippen molar-refractivity contribution in [3.05, 3.63) is 35.9 Å². The summed E-state index contributed by atoms with van der Waals surface area (Å²) in [6, 6.07) is 4.32. The molecule has 0 bridgehead atoms. The van der Waals surface area contributed by atoms with Crippen LogP contribution in [-0.2, 0) is 13.6 Å². The van der Waals surface area contributed by atoms with Crippen molar-refractivity contribution in [3.8, 4) is 17.2 Å². The van der Waals surface area contributed by atoms with E-state index in [1.54, 1.807) is 7.11 Å². The molecule has 1 aromatic carbocycles. The van der Waals surface area contributed by atoms with Gasteiger partial charge in [-0.05, 0) is 17.7 Å². The molecule has 128 valence electrons. The molecule has 0 radical (unpaired) electrons. The number of nitrogens with zero attached hydrogens (tertiary/aromatic N) is 3. The summed E-state index contributed by atoms with van der Waals surface area (Å²) in [5.74, 6) is 3.26. The van der Waals surface area contributed by atoms with Gasteiger partial charge in [-0.2, -0.15) is 0 Å². The molecule has 0 spiro atoms. The van der Waals surface area contributed by atoms with Gasteiger partial charge in [-0.15, -0.1) is 0 Å². The summed E-state index contributed by atoms with van der Waals surface area (Å²) in [6.07, 6.45) is 3.84. The van der Waals surface area contributed by atoms with Crippen LogP contribution in [-0.4, -0.2) is 48.0 Å². The van der Waals surface area contributed by atoms with E-state index in [0.717, 1.165) is 49.1 Å². The molecule has 1 N–H and O–H groups in total. The Hall–Kier alpha value is -2.25. The molecule has 0 saturated carbocycles. The van der Waals surface area contributed by atoms with Crippen LogP contribution in [0.25, 0.3) is 0 Å². The monoisotopic (exact) mass is 330 g/mol. The lowest BCUT2D eigenvalue weighted by atomic mass is 10.1. The molecular weight excluding hydrogens is 308 g/mol. The normalized spacial score (nSPS) is 20.3. The number of hydrogen-bond donors (Lipinski definition) is 1. The standard InChI is InChI=1S/C17H22N4O3/c1-20-5-4-19-17(20)13-9-18-3-6-21(13)10-12-7-14(22-2)16-15(8-12)23-11-24-16/h4-5,7-8,13,18H,3,6,9-11H2,1-2H3. The molecular formula is C17H22N4O3. The highest BCUT2D eigenvalue weighted by Gasteiger charge is 2.28. The zero-order valence-electron chi connectivity index (χ0n) is 14.0. The molecule has 3 heterocycles. The summed E-state index contributed by atoms with van der Waals surface area (Å²) in [7, 11) is 3.70. The average molecular weight is 330 g/mol. The maximum atomic E-state index is 5.54. The van der Waals surface area contributed by atoms with Gasteiger partial charge in [0.1, 0.15) is 5.82 Å². The molecule has 7 nitrogen and oxygen atoms in total. The molecule has 1 atom stereocenters. The Morgan fingerprint density at radius 2 is 2.29 bits per heavy atom. The molecule has 1 aromatic heterocycles. The van der Waals surface area contributed by atoms with Crippen molar-refractivity contribution in [2.45, 2.75) is 12.6 Å². The SMILES string of the molecule is COc1cc(CN2CCNCC2c2nccn2C)cc2c1OCO2. The van der Waals surface area contributed by atoms with Crippen molar-refractivity contribution in [1.29, 1.82) is 0 Å². The second kappa shape index (κ2) is 6.33. The largest absolute Gasteiger partial charge is 0.493 e. The van der Waals surface area contributed by atoms with Crippen LogP contribution in [0.4, 0.5) is 0 Å². The van der Waals surface area contributed by atoms with Crippen molar-refractivity contribution in [2.24, 2.45) is 7.05 Å². The minimum Gasteiger partial charge on any atom is -0.493 e. The quantitative estimate of drug-likeness (QED) is 0.912. The lowest BCUT2D eigenvalue weighted by Crippen LogP contribution is -2.46. The summed E-state index contributed by atoms with van der Waals surface area (Å²) in [6.45, 7) is 3.90. The van der Waals surface area contributed by atoms with E-state index in [9.17, 15) is 0 Å². The highest BCUT2D eigenvalue weighted by molar-refractivity contribution is 5.55. The number of rotatable bonds is 4. The van der Waals surface area contributed by atoms with Crippen molar-refractivity contribution in [1.82, 2.24) is 19.8 Å². The van der Waals surface area contributed by atoms with E-state index in [1.165, 1.54) is 0 Å². The van der Waals surface area contributed by atoms with Crippen LogP contribution in [0, 0.1) is 0 Å².